The van der Waals surface area contributed by atoms with Crippen molar-refractivity contribution in [2.75, 3.05) is 5.73 Å². The van der Waals surface area contributed by atoms with Crippen molar-refractivity contribution in [1.82, 2.24) is 39.5 Å². The molecule has 4 heterocycles. The monoisotopic (exact) mass is 415 g/mol. The summed E-state index contributed by atoms with van der Waals surface area (Å²) in [6.07, 6.45) is 3.04. The third-order valence-corrected chi connectivity index (χ3v) is 4.79. The molecular weight excluding hydrogens is 398 g/mol. The van der Waals surface area contributed by atoms with E-state index in [9.17, 15) is 9.90 Å². The zero-order valence-corrected chi connectivity index (χ0v) is 16.4. The number of aliphatic hydroxyl groups excluding tert-OH is 1. The van der Waals surface area contributed by atoms with Gasteiger partial charge in [0.05, 0.1) is 12.3 Å². The lowest BCUT2D eigenvalue weighted by Gasteiger charge is -2.10. The molecule has 11 nitrogen and oxygen atoms in total. The number of aliphatic hydroxyl groups is 1. The van der Waals surface area contributed by atoms with E-state index >= 15 is 0 Å². The molecule has 31 heavy (non-hydrogen) atoms. The van der Waals surface area contributed by atoms with Crippen LogP contribution in [0.3, 0.4) is 0 Å². The highest BCUT2D eigenvalue weighted by Gasteiger charge is 2.20. The Morgan fingerprint density at radius 2 is 1.81 bits per heavy atom. The lowest BCUT2D eigenvalue weighted by atomic mass is 10.2. The molecule has 1 aromatic carbocycles. The number of H-pyrrole nitrogens is 1. The van der Waals surface area contributed by atoms with Crippen molar-refractivity contribution in [3.05, 3.63) is 64.7 Å². The standard InChI is InChI=1S/C20H17N9O2/c1-28-26-15(20(31)27-28)13-6-7-14-18(24-13)29(12-4-2-11(10-30)3-5-12)19(25-14)16-17(21)23-9-8-22-16/h2-9,30H,10H2,1H3,(H2,21,23)(H,27,31). The van der Waals surface area contributed by atoms with Gasteiger partial charge in [0.2, 0.25) is 0 Å². The number of aromatic amines is 1. The van der Waals surface area contributed by atoms with Gasteiger partial charge in [-0.1, -0.05) is 12.1 Å². The molecular formula is C20H17N9O2. The molecule has 154 valence electrons. The van der Waals surface area contributed by atoms with Crippen molar-refractivity contribution < 1.29 is 5.11 Å². The molecule has 0 radical (unpaired) electrons. The number of aromatic nitrogens is 8. The predicted octanol–water partition coefficient (Wildman–Crippen LogP) is 1.04. The largest absolute Gasteiger partial charge is 0.392 e. The highest BCUT2D eigenvalue weighted by atomic mass is 16.3. The third kappa shape index (κ3) is 3.13. The Morgan fingerprint density at radius 1 is 1.03 bits per heavy atom. The highest BCUT2D eigenvalue weighted by molar-refractivity contribution is 5.83. The molecule has 0 amide bonds. The number of nitrogens with zero attached hydrogens (tertiary/aromatic N) is 7. The maximum atomic E-state index is 12.2. The molecule has 0 unspecified atom stereocenters. The Balaban J connectivity index is 1.81. The van der Waals surface area contributed by atoms with Gasteiger partial charge in [-0.25, -0.2) is 29.8 Å². The Bertz CT molecular complexity index is 1460. The van der Waals surface area contributed by atoms with Crippen LogP contribution in [0.4, 0.5) is 5.82 Å². The SMILES string of the molecule is Cn1nc(-c2ccc3nc(-c4nccnc4N)n(-c4ccc(CO)cc4)c3n2)c(=O)[nH]1. The summed E-state index contributed by atoms with van der Waals surface area (Å²) in [4.78, 5) is 31.4. The smallest absolute Gasteiger partial charge is 0.293 e. The van der Waals surface area contributed by atoms with Crippen molar-refractivity contribution in [1.29, 1.82) is 0 Å². The van der Waals surface area contributed by atoms with Crippen LogP contribution in [0.5, 0.6) is 0 Å². The number of nitrogen functional groups attached to an aromatic ring is 1. The van der Waals surface area contributed by atoms with Gasteiger partial charge >= 0.3 is 0 Å². The number of hydrogen-bond acceptors (Lipinski definition) is 8. The van der Waals surface area contributed by atoms with Gasteiger partial charge in [-0.3, -0.25) is 9.36 Å². The van der Waals surface area contributed by atoms with E-state index in [1.54, 1.807) is 35.9 Å². The number of rotatable bonds is 4. The number of nitrogens with one attached hydrogen (secondary N) is 1. The van der Waals surface area contributed by atoms with Crippen molar-refractivity contribution in [2.24, 2.45) is 7.05 Å². The van der Waals surface area contributed by atoms with Crippen molar-refractivity contribution >= 4 is 17.0 Å². The summed E-state index contributed by atoms with van der Waals surface area (Å²) < 4.78 is 1.79. The van der Waals surface area contributed by atoms with Crippen LogP contribution in [0.2, 0.25) is 0 Å². The normalized spacial score (nSPS) is 11.3. The van der Waals surface area contributed by atoms with Crippen LogP contribution >= 0.6 is 0 Å². The van der Waals surface area contributed by atoms with Crippen LogP contribution in [0.15, 0.2) is 53.6 Å². The van der Waals surface area contributed by atoms with Crippen molar-refractivity contribution in [2.45, 2.75) is 6.61 Å². The molecule has 5 aromatic rings. The van der Waals surface area contributed by atoms with Crippen molar-refractivity contribution in [3.8, 4) is 28.6 Å². The van der Waals surface area contributed by atoms with E-state index in [0.29, 0.717) is 28.4 Å². The Morgan fingerprint density at radius 3 is 2.48 bits per heavy atom. The zero-order valence-electron chi connectivity index (χ0n) is 16.4. The fraction of sp³-hybridized carbons (Fsp3) is 0.100. The molecule has 4 N–H and O–H groups in total. The number of fused-ring (bicyclic) bond motifs is 1. The van der Waals surface area contributed by atoms with Gasteiger partial charge in [-0.2, -0.15) is 0 Å². The van der Waals surface area contributed by atoms with Gasteiger partial charge in [-0.05, 0) is 29.8 Å². The molecule has 4 aromatic heterocycles. The lowest BCUT2D eigenvalue weighted by Crippen LogP contribution is -2.06. The van der Waals surface area contributed by atoms with E-state index in [-0.39, 0.29) is 23.7 Å². The fourth-order valence-electron chi connectivity index (χ4n) is 3.35. The summed E-state index contributed by atoms with van der Waals surface area (Å²) in [6.45, 7) is -0.0697. The summed E-state index contributed by atoms with van der Waals surface area (Å²) in [5.74, 6) is 0.685. The number of imidazole rings is 1. The maximum absolute atomic E-state index is 12.2. The molecule has 0 bridgehead atoms. The van der Waals surface area contributed by atoms with Gasteiger partial charge in [0.1, 0.15) is 11.2 Å². The molecule has 5 rings (SSSR count). The maximum Gasteiger partial charge on any atom is 0.293 e. The second-order valence-electron chi connectivity index (χ2n) is 6.84. The predicted molar refractivity (Wildman–Crippen MR) is 113 cm³/mol. The lowest BCUT2D eigenvalue weighted by molar-refractivity contribution is 0.282. The minimum atomic E-state index is -0.342. The summed E-state index contributed by atoms with van der Waals surface area (Å²) in [5.41, 5.74) is 9.33. The van der Waals surface area contributed by atoms with Crippen LogP contribution in [0.25, 0.3) is 39.8 Å². The molecule has 0 aliphatic heterocycles. The van der Waals surface area contributed by atoms with Gasteiger partial charge in [0.25, 0.3) is 5.56 Å². The first-order valence-electron chi connectivity index (χ1n) is 9.35. The molecule has 0 atom stereocenters. The first kappa shape index (κ1) is 18.6. The van der Waals surface area contributed by atoms with E-state index in [1.165, 1.54) is 17.2 Å². The van der Waals surface area contributed by atoms with E-state index in [2.05, 4.69) is 30.1 Å². The molecule has 0 fully saturated rings. The fourth-order valence-corrected chi connectivity index (χ4v) is 3.35. The second kappa shape index (κ2) is 7.15. The Labute approximate surface area is 174 Å². The first-order valence-corrected chi connectivity index (χ1v) is 9.35. The van der Waals surface area contributed by atoms with Crippen LogP contribution in [0, 0.1) is 0 Å². The minimum absolute atomic E-state index is 0.0697. The average Bonchev–Trinajstić information content (AvgIpc) is 3.32. The molecule has 0 aliphatic carbocycles. The quantitative estimate of drug-likeness (QED) is 0.393. The molecule has 0 aliphatic rings. The molecule has 11 heteroatoms. The van der Waals surface area contributed by atoms with Crippen molar-refractivity contribution in [3.63, 3.8) is 0 Å². The van der Waals surface area contributed by atoms with Gasteiger partial charge in [-0.15, -0.1) is 5.10 Å². The van der Waals surface area contributed by atoms with Gasteiger partial charge in [0.15, 0.2) is 23.0 Å². The zero-order chi connectivity index (χ0) is 21.5. The van der Waals surface area contributed by atoms with Crippen LogP contribution in [0.1, 0.15) is 5.56 Å². The van der Waals surface area contributed by atoms with Crippen LogP contribution in [-0.2, 0) is 13.7 Å². The molecule has 0 spiro atoms. The van der Waals surface area contributed by atoms with Gasteiger partial charge < -0.3 is 10.8 Å². The average molecular weight is 415 g/mol. The van der Waals surface area contributed by atoms with Crippen LogP contribution < -0.4 is 11.3 Å². The number of aryl methyl sites for hydroxylation is 1. The topological polar surface area (TPSA) is 153 Å². The minimum Gasteiger partial charge on any atom is -0.392 e. The highest BCUT2D eigenvalue weighted by Crippen LogP contribution is 2.30. The van der Waals surface area contributed by atoms with E-state index < -0.39 is 0 Å². The van der Waals surface area contributed by atoms with Gasteiger partial charge in [0, 0.05) is 25.1 Å². The van der Waals surface area contributed by atoms with E-state index in [1.807, 2.05) is 12.1 Å². The number of pyridine rings is 1. The number of nitrogens with two attached hydrogens (primary N) is 1. The molecule has 0 saturated heterocycles. The summed E-state index contributed by atoms with van der Waals surface area (Å²) in [7, 11) is 1.63. The van der Waals surface area contributed by atoms with Crippen LogP contribution in [-0.4, -0.2) is 44.6 Å². The Kier molecular flexibility index (Phi) is 4.30. The number of hydrogen-bond donors (Lipinski definition) is 3. The summed E-state index contributed by atoms with van der Waals surface area (Å²) in [6, 6.07) is 10.7. The van der Waals surface area contributed by atoms with E-state index in [0.717, 1.165) is 11.3 Å². The Hall–Kier alpha value is -4.38. The first-order chi connectivity index (χ1) is 15.0. The number of benzene rings is 1. The molecule has 0 saturated carbocycles. The third-order valence-electron chi connectivity index (χ3n) is 4.79. The summed E-state index contributed by atoms with van der Waals surface area (Å²) >= 11 is 0. The van der Waals surface area contributed by atoms with E-state index in [4.69, 9.17) is 5.73 Å². The second-order valence-corrected chi connectivity index (χ2v) is 6.84. The summed E-state index contributed by atoms with van der Waals surface area (Å²) in [5, 5.41) is 16.1. The number of anilines is 1.